The first-order chi connectivity index (χ1) is 10.9. The van der Waals surface area contributed by atoms with E-state index in [1.807, 2.05) is 0 Å². The van der Waals surface area contributed by atoms with Gasteiger partial charge in [0.05, 0.1) is 11.1 Å². The summed E-state index contributed by atoms with van der Waals surface area (Å²) >= 11 is 0. The summed E-state index contributed by atoms with van der Waals surface area (Å²) in [7, 11) is 0. The number of carbonyl (C=O) groups excluding carboxylic acids is 2. The lowest BCUT2D eigenvalue weighted by atomic mass is 10.0. The lowest BCUT2D eigenvalue weighted by Crippen LogP contribution is -2.24. The Labute approximate surface area is 131 Å². The van der Waals surface area contributed by atoms with Gasteiger partial charge in [0.2, 0.25) is 0 Å². The Morgan fingerprint density at radius 1 is 1.04 bits per heavy atom. The monoisotopic (exact) mass is 315 g/mol. The molecule has 0 aliphatic carbocycles. The topological polar surface area (TPSA) is 83.5 Å². The van der Waals surface area contributed by atoms with Gasteiger partial charge in [-0.2, -0.15) is 0 Å². The number of hydrogen-bond donors (Lipinski definition) is 2. The van der Waals surface area contributed by atoms with Gasteiger partial charge in [0.1, 0.15) is 5.82 Å². The maximum atomic E-state index is 13.6. The Morgan fingerprint density at radius 2 is 1.70 bits per heavy atom. The molecule has 0 bridgehead atoms. The molecule has 0 atom stereocenters. The van der Waals surface area contributed by atoms with Crippen molar-refractivity contribution < 1.29 is 23.9 Å². The predicted molar refractivity (Wildman–Crippen MR) is 81.0 cm³/mol. The number of amides is 1. The fourth-order valence-electron chi connectivity index (χ4n) is 2.11. The standard InChI is InChI=1S/C17H14FNO4/c1-10(20)12-4-2-3-5-13(12)16(21)19-9-11-6-7-14(17(22)23)15(18)8-11/h2-8H,9H2,1H3,(H,19,21)(H,22,23). The van der Waals surface area contributed by atoms with E-state index < -0.39 is 23.3 Å². The van der Waals surface area contributed by atoms with Gasteiger partial charge in [-0.1, -0.05) is 24.3 Å². The average molecular weight is 315 g/mol. The molecule has 2 aromatic carbocycles. The first kappa shape index (κ1) is 16.4. The molecule has 0 unspecified atom stereocenters. The Balaban J connectivity index is 2.12. The number of nitrogens with one attached hydrogen (secondary N) is 1. The van der Waals surface area contributed by atoms with Crippen molar-refractivity contribution in [2.24, 2.45) is 0 Å². The highest BCUT2D eigenvalue weighted by Gasteiger charge is 2.14. The van der Waals surface area contributed by atoms with Crippen LogP contribution < -0.4 is 5.32 Å². The molecule has 0 spiro atoms. The first-order valence-electron chi connectivity index (χ1n) is 6.80. The number of rotatable bonds is 5. The summed E-state index contributed by atoms with van der Waals surface area (Å²) in [6.45, 7) is 1.38. The zero-order valence-electron chi connectivity index (χ0n) is 12.3. The molecule has 23 heavy (non-hydrogen) atoms. The van der Waals surface area contributed by atoms with Crippen LogP contribution in [0.2, 0.25) is 0 Å². The van der Waals surface area contributed by atoms with Gasteiger partial charge in [-0.25, -0.2) is 9.18 Å². The van der Waals surface area contributed by atoms with Crippen LogP contribution >= 0.6 is 0 Å². The van der Waals surface area contributed by atoms with Gasteiger partial charge in [0.25, 0.3) is 5.91 Å². The normalized spacial score (nSPS) is 10.2. The number of halogens is 1. The molecule has 2 N–H and O–H groups in total. The van der Waals surface area contributed by atoms with Crippen molar-refractivity contribution in [1.82, 2.24) is 5.32 Å². The lowest BCUT2D eigenvalue weighted by molar-refractivity contribution is 0.0691. The molecule has 0 saturated carbocycles. The third-order valence-corrected chi connectivity index (χ3v) is 3.27. The minimum Gasteiger partial charge on any atom is -0.478 e. The number of Topliss-reactive ketones (excluding diaryl/α,β-unsaturated/α-hetero) is 1. The molecule has 5 nitrogen and oxygen atoms in total. The fraction of sp³-hybridized carbons (Fsp3) is 0.118. The highest BCUT2D eigenvalue weighted by molar-refractivity contribution is 6.07. The molecule has 0 heterocycles. The molecule has 118 valence electrons. The third kappa shape index (κ3) is 3.79. The van der Waals surface area contributed by atoms with Gasteiger partial charge in [-0.15, -0.1) is 0 Å². The van der Waals surface area contributed by atoms with Crippen LogP contribution in [0.3, 0.4) is 0 Å². The number of aromatic carboxylic acids is 1. The van der Waals surface area contributed by atoms with Crippen molar-refractivity contribution in [3.8, 4) is 0 Å². The molecule has 0 saturated heterocycles. The molecule has 0 radical (unpaired) electrons. The first-order valence-corrected chi connectivity index (χ1v) is 6.80. The van der Waals surface area contributed by atoms with Gasteiger partial charge < -0.3 is 10.4 Å². The fourth-order valence-corrected chi connectivity index (χ4v) is 2.11. The summed E-state index contributed by atoms with van der Waals surface area (Å²) in [5.41, 5.74) is 0.531. The summed E-state index contributed by atoms with van der Waals surface area (Å²) in [5, 5.41) is 11.3. The van der Waals surface area contributed by atoms with Crippen molar-refractivity contribution in [1.29, 1.82) is 0 Å². The van der Waals surface area contributed by atoms with Crippen LogP contribution in [0.5, 0.6) is 0 Å². The molecule has 0 fully saturated rings. The Bertz CT molecular complexity index is 786. The summed E-state index contributed by atoms with van der Waals surface area (Å²) in [5.74, 6) is -2.91. The number of carbonyl (C=O) groups is 3. The molecular weight excluding hydrogens is 301 g/mol. The van der Waals surface area contributed by atoms with E-state index in [-0.39, 0.29) is 17.9 Å². The van der Waals surface area contributed by atoms with Crippen molar-refractivity contribution >= 4 is 17.7 Å². The van der Waals surface area contributed by atoms with Crippen molar-refractivity contribution in [2.75, 3.05) is 0 Å². The minimum atomic E-state index is -1.35. The van der Waals surface area contributed by atoms with E-state index in [0.717, 1.165) is 12.1 Å². The molecule has 2 rings (SSSR count). The second-order valence-corrected chi connectivity index (χ2v) is 4.90. The molecule has 6 heteroatoms. The van der Waals surface area contributed by atoms with Gasteiger partial charge in [0.15, 0.2) is 5.78 Å². The zero-order chi connectivity index (χ0) is 17.0. The smallest absolute Gasteiger partial charge is 0.338 e. The predicted octanol–water partition coefficient (Wildman–Crippen LogP) is 2.66. The largest absolute Gasteiger partial charge is 0.478 e. The Morgan fingerprint density at radius 3 is 2.26 bits per heavy atom. The van der Waals surface area contributed by atoms with Gasteiger partial charge in [-0.05, 0) is 30.7 Å². The highest BCUT2D eigenvalue weighted by Crippen LogP contribution is 2.12. The maximum Gasteiger partial charge on any atom is 0.338 e. The third-order valence-electron chi connectivity index (χ3n) is 3.27. The van der Waals surface area contributed by atoms with E-state index >= 15 is 0 Å². The van der Waals surface area contributed by atoms with Gasteiger partial charge >= 0.3 is 5.97 Å². The van der Waals surface area contributed by atoms with Gasteiger partial charge in [-0.3, -0.25) is 9.59 Å². The van der Waals surface area contributed by atoms with E-state index in [2.05, 4.69) is 5.32 Å². The second kappa shape index (κ2) is 6.83. The second-order valence-electron chi connectivity index (χ2n) is 4.90. The van der Waals surface area contributed by atoms with E-state index in [4.69, 9.17) is 5.11 Å². The van der Waals surface area contributed by atoms with E-state index in [0.29, 0.717) is 11.1 Å². The number of ketones is 1. The van der Waals surface area contributed by atoms with Crippen LogP contribution in [-0.4, -0.2) is 22.8 Å². The van der Waals surface area contributed by atoms with E-state index in [1.54, 1.807) is 18.2 Å². The molecule has 2 aromatic rings. The summed E-state index contributed by atoms with van der Waals surface area (Å²) in [6.07, 6.45) is 0. The number of carboxylic acids is 1. The van der Waals surface area contributed by atoms with E-state index in [9.17, 15) is 18.8 Å². The lowest BCUT2D eigenvalue weighted by Gasteiger charge is -2.09. The van der Waals surface area contributed by atoms with Crippen LogP contribution in [0, 0.1) is 5.82 Å². The number of hydrogen-bond acceptors (Lipinski definition) is 3. The average Bonchev–Trinajstić information content (AvgIpc) is 2.52. The molecular formula is C17H14FNO4. The summed E-state index contributed by atoms with van der Waals surface area (Å²) in [6, 6.07) is 10.0. The van der Waals surface area contributed by atoms with Crippen molar-refractivity contribution in [3.63, 3.8) is 0 Å². The SMILES string of the molecule is CC(=O)c1ccccc1C(=O)NCc1ccc(C(=O)O)c(F)c1. The molecule has 1 amide bonds. The molecule has 0 aliphatic heterocycles. The molecule has 0 aliphatic rings. The van der Waals surface area contributed by atoms with Crippen LogP contribution in [0.15, 0.2) is 42.5 Å². The Kier molecular flexibility index (Phi) is 4.85. The zero-order valence-corrected chi connectivity index (χ0v) is 12.3. The summed E-state index contributed by atoms with van der Waals surface area (Å²) < 4.78 is 13.6. The van der Waals surface area contributed by atoms with Crippen molar-refractivity contribution in [2.45, 2.75) is 13.5 Å². The summed E-state index contributed by atoms with van der Waals surface area (Å²) in [4.78, 5) is 34.4. The van der Waals surface area contributed by atoms with Crippen LogP contribution in [0.1, 0.15) is 43.6 Å². The van der Waals surface area contributed by atoms with Gasteiger partial charge in [0, 0.05) is 12.1 Å². The van der Waals surface area contributed by atoms with E-state index in [1.165, 1.54) is 19.1 Å². The number of benzene rings is 2. The maximum absolute atomic E-state index is 13.6. The number of carboxylic acid groups (broad SMARTS) is 1. The molecule has 0 aromatic heterocycles. The van der Waals surface area contributed by atoms with Crippen LogP contribution in [0.4, 0.5) is 4.39 Å². The minimum absolute atomic E-state index is 0.0158. The highest BCUT2D eigenvalue weighted by atomic mass is 19.1. The van der Waals surface area contributed by atoms with Crippen molar-refractivity contribution in [3.05, 3.63) is 70.5 Å². The van der Waals surface area contributed by atoms with Crippen LogP contribution in [0.25, 0.3) is 0 Å². The van der Waals surface area contributed by atoms with Crippen LogP contribution in [-0.2, 0) is 6.54 Å². The Hall–Kier alpha value is -3.02. The quantitative estimate of drug-likeness (QED) is 0.831.